The summed E-state index contributed by atoms with van der Waals surface area (Å²) in [7, 11) is -3.55. The van der Waals surface area contributed by atoms with Crippen molar-refractivity contribution in [2.24, 2.45) is 5.41 Å². The number of aromatic nitrogens is 3. The van der Waals surface area contributed by atoms with Gasteiger partial charge in [-0.3, -0.25) is 9.48 Å². The lowest BCUT2D eigenvalue weighted by Crippen LogP contribution is -2.47. The first-order valence-electron chi connectivity index (χ1n) is 10.4. The molecular weight excluding hydrogens is 504 g/mol. The molecule has 1 unspecified atom stereocenters. The summed E-state index contributed by atoms with van der Waals surface area (Å²) in [4.78, 5) is 13.1. The number of anilines is 1. The molecule has 2 fully saturated rings. The second-order valence-corrected chi connectivity index (χ2v) is 11.7. The zero-order valence-electron chi connectivity index (χ0n) is 18.5. The van der Waals surface area contributed by atoms with Crippen molar-refractivity contribution in [2.75, 3.05) is 11.6 Å². The third kappa shape index (κ3) is 4.82. The molecule has 0 bridgehead atoms. The smallest absolute Gasteiger partial charge is 0.420 e. The van der Waals surface area contributed by atoms with E-state index in [0.29, 0.717) is 4.68 Å². The predicted octanol–water partition coefficient (Wildman–Crippen LogP) is 4.22. The van der Waals surface area contributed by atoms with Crippen molar-refractivity contribution in [3.8, 4) is 0 Å². The number of carbonyl (C=O) groups is 1. The summed E-state index contributed by atoms with van der Waals surface area (Å²) in [6, 6.07) is 1.89. The number of pyridine rings is 1. The summed E-state index contributed by atoms with van der Waals surface area (Å²) >= 11 is 0. The highest BCUT2D eigenvalue weighted by Crippen LogP contribution is 2.55. The summed E-state index contributed by atoms with van der Waals surface area (Å²) in [6.07, 6.45) is -5.18. The molecule has 0 aliphatic heterocycles. The Kier molecular flexibility index (Phi) is 5.47. The fourth-order valence-electron chi connectivity index (χ4n) is 4.42. The third-order valence-corrected chi connectivity index (χ3v) is 7.11. The average molecular weight is 525 g/mol. The first kappa shape index (κ1) is 25.3. The van der Waals surface area contributed by atoms with Gasteiger partial charge in [-0.05, 0) is 18.3 Å². The molecule has 192 valence electrons. The molecule has 4 rings (SSSR count). The van der Waals surface area contributed by atoms with Crippen molar-refractivity contribution in [2.45, 2.75) is 61.9 Å². The van der Waals surface area contributed by atoms with Gasteiger partial charge in [0.05, 0.1) is 5.69 Å². The molecule has 1 amide bonds. The van der Waals surface area contributed by atoms with E-state index >= 15 is 0 Å². The predicted molar refractivity (Wildman–Crippen MR) is 110 cm³/mol. The Labute approximate surface area is 195 Å². The largest absolute Gasteiger partial charge is 0.618 e. The Hall–Kier alpha value is -2.84. The van der Waals surface area contributed by atoms with Crippen LogP contribution in [-0.4, -0.2) is 32.1 Å². The quantitative estimate of drug-likeness (QED) is 0.334. The topological polar surface area (TPSA) is 115 Å². The summed E-state index contributed by atoms with van der Waals surface area (Å²) < 4.78 is 104. The normalized spacial score (nSPS) is 21.6. The van der Waals surface area contributed by atoms with Gasteiger partial charge in [-0.2, -0.15) is 23.0 Å². The molecule has 35 heavy (non-hydrogen) atoms. The minimum absolute atomic E-state index is 0.117. The van der Waals surface area contributed by atoms with E-state index in [0.717, 1.165) is 24.6 Å². The minimum Gasteiger partial charge on any atom is -0.618 e. The Morgan fingerprint density at radius 3 is 2.40 bits per heavy atom. The highest BCUT2D eigenvalue weighted by molar-refractivity contribution is 7.91. The number of nitrogens with zero attached hydrogens (tertiary/aromatic N) is 3. The number of rotatable bonds is 6. The lowest BCUT2D eigenvalue weighted by Gasteiger charge is -2.44. The number of amides is 1. The molecule has 0 spiro atoms. The van der Waals surface area contributed by atoms with Crippen LogP contribution in [0.4, 0.5) is 32.0 Å². The average Bonchev–Trinajstić information content (AvgIpc) is 3.27. The zero-order valence-corrected chi connectivity index (χ0v) is 19.3. The van der Waals surface area contributed by atoms with Gasteiger partial charge in [0.25, 0.3) is 10.9 Å². The molecule has 0 saturated heterocycles. The van der Waals surface area contributed by atoms with E-state index < -0.39 is 80.2 Å². The SMILES string of the molecule is CC1(Cn2nc(C3(F)CC3)c(C(F)(F)F)c2C(=O)Nc2cc[n+]([O-])c(S(C)(=N)=O)c2)CC(F)(F)C1. The molecule has 0 radical (unpaired) electrons. The molecule has 15 heteroatoms. The second kappa shape index (κ2) is 7.58. The number of carbonyl (C=O) groups excluding carboxylic acids is 1. The third-order valence-electron chi connectivity index (χ3n) is 6.01. The fourth-order valence-corrected chi connectivity index (χ4v) is 5.18. The number of nitrogens with one attached hydrogen (secondary N) is 2. The van der Waals surface area contributed by atoms with Crippen LogP contribution in [0.3, 0.4) is 0 Å². The van der Waals surface area contributed by atoms with Gasteiger partial charge in [-0.15, -0.1) is 0 Å². The standard InChI is InChI=1S/C20H21F6N5O3S/c1-17(8-19(22,23)9-17)10-30-14(13(20(24,25)26)15(29-30)18(21)4-5-18)16(32)28-11-3-6-31(33)12(7-11)35(2,27)34/h3,6-7,27H,4-5,8-10H2,1-2H3,(H,28,32). The van der Waals surface area contributed by atoms with E-state index in [1.807, 2.05) is 0 Å². The maximum absolute atomic E-state index is 14.9. The summed E-state index contributed by atoms with van der Waals surface area (Å²) in [5, 5.41) is 17.2. The first-order valence-corrected chi connectivity index (χ1v) is 12.3. The van der Waals surface area contributed by atoms with E-state index in [9.17, 15) is 40.6 Å². The van der Waals surface area contributed by atoms with E-state index in [1.54, 1.807) is 0 Å². The molecule has 2 aromatic rings. The Morgan fingerprint density at radius 1 is 1.31 bits per heavy atom. The van der Waals surface area contributed by atoms with Crippen LogP contribution in [0.2, 0.25) is 0 Å². The first-order chi connectivity index (χ1) is 15.8. The highest BCUT2D eigenvalue weighted by atomic mass is 32.2. The van der Waals surface area contributed by atoms with Crippen molar-refractivity contribution in [3.63, 3.8) is 0 Å². The van der Waals surface area contributed by atoms with Gasteiger partial charge in [-0.1, -0.05) is 6.92 Å². The van der Waals surface area contributed by atoms with Crippen molar-refractivity contribution in [3.05, 3.63) is 40.5 Å². The van der Waals surface area contributed by atoms with Gasteiger partial charge < -0.3 is 10.5 Å². The van der Waals surface area contributed by atoms with Crippen LogP contribution >= 0.6 is 0 Å². The molecule has 2 N–H and O–H groups in total. The van der Waals surface area contributed by atoms with E-state index in [1.165, 1.54) is 6.92 Å². The van der Waals surface area contributed by atoms with Crippen LogP contribution in [0.5, 0.6) is 0 Å². The Morgan fingerprint density at radius 2 is 1.91 bits per heavy atom. The molecule has 2 aliphatic carbocycles. The van der Waals surface area contributed by atoms with Gasteiger partial charge in [0.1, 0.15) is 26.7 Å². The minimum atomic E-state index is -5.19. The van der Waals surface area contributed by atoms with Crippen molar-refractivity contribution in [1.82, 2.24) is 9.78 Å². The molecular formula is C20H21F6N5O3S. The maximum Gasteiger partial charge on any atom is 0.420 e. The van der Waals surface area contributed by atoms with Gasteiger partial charge >= 0.3 is 6.18 Å². The van der Waals surface area contributed by atoms with Crippen LogP contribution in [0.15, 0.2) is 23.4 Å². The van der Waals surface area contributed by atoms with Gasteiger partial charge in [0.15, 0.2) is 11.9 Å². The van der Waals surface area contributed by atoms with Crippen molar-refractivity contribution < 1.29 is 40.1 Å². The number of halogens is 6. The monoisotopic (exact) mass is 525 g/mol. The highest BCUT2D eigenvalue weighted by Gasteiger charge is 2.57. The van der Waals surface area contributed by atoms with E-state index in [-0.39, 0.29) is 23.3 Å². The summed E-state index contributed by atoms with van der Waals surface area (Å²) in [6.45, 7) is 0.923. The van der Waals surface area contributed by atoms with Crippen LogP contribution in [0.1, 0.15) is 54.4 Å². The summed E-state index contributed by atoms with van der Waals surface area (Å²) in [5.41, 5.74) is -7.44. The van der Waals surface area contributed by atoms with Crippen LogP contribution < -0.4 is 10.0 Å². The zero-order chi connectivity index (χ0) is 26.2. The molecule has 2 heterocycles. The van der Waals surface area contributed by atoms with Gasteiger partial charge in [0, 0.05) is 37.8 Å². The lowest BCUT2D eigenvalue weighted by atomic mass is 9.67. The van der Waals surface area contributed by atoms with Crippen LogP contribution in [0.25, 0.3) is 0 Å². The molecule has 8 nitrogen and oxygen atoms in total. The van der Waals surface area contributed by atoms with Gasteiger partial charge in [0.2, 0.25) is 5.92 Å². The van der Waals surface area contributed by atoms with Crippen LogP contribution in [0, 0.1) is 15.4 Å². The number of hydrogen-bond donors (Lipinski definition) is 2. The molecule has 1 atom stereocenters. The van der Waals surface area contributed by atoms with Gasteiger partial charge in [-0.25, -0.2) is 22.2 Å². The number of alkyl halides is 6. The second-order valence-electron chi connectivity index (χ2n) is 9.59. The van der Waals surface area contributed by atoms with Crippen molar-refractivity contribution in [1.29, 1.82) is 4.78 Å². The van der Waals surface area contributed by atoms with Crippen molar-refractivity contribution >= 4 is 21.3 Å². The molecule has 0 aromatic carbocycles. The Bertz CT molecular complexity index is 1310. The van der Waals surface area contributed by atoms with E-state index in [4.69, 9.17) is 4.78 Å². The van der Waals surface area contributed by atoms with Crippen LogP contribution in [-0.2, 0) is 28.1 Å². The van der Waals surface area contributed by atoms with E-state index in [2.05, 4.69) is 10.4 Å². The molecule has 2 aromatic heterocycles. The number of hydrogen-bond acceptors (Lipinski definition) is 5. The molecule has 2 aliphatic rings. The maximum atomic E-state index is 14.9. The fraction of sp³-hybridized carbons (Fsp3) is 0.550. The Balaban J connectivity index is 1.79. The summed E-state index contributed by atoms with van der Waals surface area (Å²) in [5.74, 6) is -4.38. The lowest BCUT2D eigenvalue weighted by molar-refractivity contribution is -0.646. The molecule has 2 saturated carbocycles.